The van der Waals surface area contributed by atoms with Crippen LogP contribution in [0.3, 0.4) is 0 Å². The fraction of sp³-hybridized carbons (Fsp3) is 0.469. The van der Waals surface area contributed by atoms with Crippen molar-refractivity contribution in [3.8, 4) is 22.8 Å². The maximum atomic E-state index is 14.1. The Kier molecular flexibility index (Phi) is 9.68. The molecule has 0 amide bonds. The zero-order valence-corrected chi connectivity index (χ0v) is 26.9. The molecule has 0 saturated carbocycles. The Morgan fingerprint density at radius 3 is 2.53 bits per heavy atom. The summed E-state index contributed by atoms with van der Waals surface area (Å²) in [6, 6.07) is 4.57. The lowest BCUT2D eigenvalue weighted by molar-refractivity contribution is -0.140. The molecule has 1 aromatic carbocycles. The molecule has 0 bridgehead atoms. The third kappa shape index (κ3) is 7.79. The fourth-order valence-electron chi connectivity index (χ4n) is 6.03. The van der Waals surface area contributed by atoms with Crippen LogP contribution in [0.5, 0.6) is 0 Å². The van der Waals surface area contributed by atoms with Gasteiger partial charge in [0.05, 0.1) is 42.4 Å². The van der Waals surface area contributed by atoms with Gasteiger partial charge < -0.3 is 24.6 Å². The Labute approximate surface area is 269 Å². The molecule has 47 heavy (non-hydrogen) atoms. The first-order valence-corrected chi connectivity index (χ1v) is 15.2. The number of benzene rings is 1. The number of H-pyrrole nitrogens is 1. The predicted molar refractivity (Wildman–Crippen MR) is 170 cm³/mol. The van der Waals surface area contributed by atoms with Crippen LogP contribution in [0.25, 0.3) is 33.9 Å². The van der Waals surface area contributed by atoms with Crippen molar-refractivity contribution in [3.05, 3.63) is 48.0 Å². The molecule has 0 aliphatic carbocycles. The molecule has 0 unspecified atom stereocenters. The van der Waals surface area contributed by atoms with Crippen LogP contribution in [0.2, 0.25) is 0 Å². The Morgan fingerprint density at radius 2 is 1.89 bits per heavy atom. The monoisotopic (exact) mass is 658 g/mol. The highest BCUT2D eigenvalue weighted by atomic mass is 19.4. The van der Waals surface area contributed by atoms with Gasteiger partial charge in [0, 0.05) is 63.9 Å². The van der Waals surface area contributed by atoms with E-state index in [1.165, 1.54) is 6.07 Å². The van der Waals surface area contributed by atoms with Crippen LogP contribution in [0.4, 0.5) is 29.1 Å². The van der Waals surface area contributed by atoms with Gasteiger partial charge in [-0.15, -0.1) is 0 Å². The highest BCUT2D eigenvalue weighted by Crippen LogP contribution is 2.37. The molecule has 11 nitrogen and oxygen atoms in total. The number of alkyl halides is 3. The van der Waals surface area contributed by atoms with Crippen molar-refractivity contribution in [2.45, 2.75) is 39.4 Å². The van der Waals surface area contributed by atoms with Crippen LogP contribution in [0.1, 0.15) is 32.8 Å². The summed E-state index contributed by atoms with van der Waals surface area (Å²) in [4.78, 5) is 38.9. The number of piperazine rings is 1. The second kappa shape index (κ2) is 13.4. The van der Waals surface area contributed by atoms with Gasteiger partial charge in [-0.05, 0) is 31.2 Å². The minimum atomic E-state index is -4.87. The van der Waals surface area contributed by atoms with E-state index in [1.54, 1.807) is 25.6 Å². The minimum absolute atomic E-state index is 0.0932. The maximum Gasteiger partial charge on any atom is 0.419 e. The number of pyridine rings is 1. The summed E-state index contributed by atoms with van der Waals surface area (Å²) in [6.45, 7) is 9.68. The SMILES string of the molecule is COCC(C)(C)CN(C)c1cc(-c2ccc(F)c(C(F)(F)F)c2)nc2nc(-c3cnc(N4CCN(CCC(=O)O)C[C@H]4C)cn3)[nH]c12. The number of aromatic nitrogens is 5. The van der Waals surface area contributed by atoms with Crippen molar-refractivity contribution < 1.29 is 32.2 Å². The summed E-state index contributed by atoms with van der Waals surface area (Å²) in [5.74, 6) is -1.14. The van der Waals surface area contributed by atoms with Gasteiger partial charge in [-0.3, -0.25) is 9.69 Å². The molecule has 1 atom stereocenters. The number of halogens is 4. The van der Waals surface area contributed by atoms with Crippen molar-refractivity contribution in [2.75, 3.05) is 63.3 Å². The summed E-state index contributed by atoms with van der Waals surface area (Å²) in [6.07, 6.45) is -1.53. The van der Waals surface area contributed by atoms with E-state index in [0.717, 1.165) is 12.1 Å². The Bertz CT molecular complexity index is 1730. The number of carboxylic acid groups (broad SMARTS) is 1. The number of carbonyl (C=O) groups is 1. The Morgan fingerprint density at radius 1 is 1.13 bits per heavy atom. The average molecular weight is 659 g/mol. The lowest BCUT2D eigenvalue weighted by atomic mass is 9.94. The summed E-state index contributed by atoms with van der Waals surface area (Å²) in [5.41, 5.74) is 0.514. The molecule has 0 spiro atoms. The van der Waals surface area contributed by atoms with Crippen molar-refractivity contribution in [1.82, 2.24) is 29.8 Å². The number of hydrogen-bond donors (Lipinski definition) is 2. The number of methoxy groups -OCH3 is 1. The molecule has 4 aromatic rings. The smallest absolute Gasteiger partial charge is 0.419 e. The van der Waals surface area contributed by atoms with E-state index in [2.05, 4.69) is 41.6 Å². The van der Waals surface area contributed by atoms with Gasteiger partial charge in [-0.2, -0.15) is 13.2 Å². The van der Waals surface area contributed by atoms with Crippen LogP contribution in [-0.2, 0) is 15.7 Å². The fourth-order valence-corrected chi connectivity index (χ4v) is 6.03. The van der Waals surface area contributed by atoms with Gasteiger partial charge in [0.25, 0.3) is 0 Å². The normalized spacial score (nSPS) is 16.2. The third-order valence-corrected chi connectivity index (χ3v) is 8.15. The number of imidazole rings is 1. The molecule has 1 aliphatic rings. The number of anilines is 2. The number of aliphatic carboxylic acids is 1. The Balaban J connectivity index is 1.48. The molecule has 3 aromatic heterocycles. The first-order valence-electron chi connectivity index (χ1n) is 15.2. The van der Waals surface area contributed by atoms with E-state index in [-0.39, 0.29) is 34.8 Å². The number of rotatable bonds is 11. The molecule has 2 N–H and O–H groups in total. The summed E-state index contributed by atoms with van der Waals surface area (Å²) in [7, 11) is 3.48. The Hall–Kier alpha value is -4.37. The number of carboxylic acids is 1. The largest absolute Gasteiger partial charge is 0.481 e. The molecule has 252 valence electrons. The van der Waals surface area contributed by atoms with Gasteiger partial charge >= 0.3 is 12.1 Å². The van der Waals surface area contributed by atoms with Gasteiger partial charge in [-0.1, -0.05) is 13.8 Å². The summed E-state index contributed by atoms with van der Waals surface area (Å²) < 4.78 is 60.2. The molecule has 15 heteroatoms. The van der Waals surface area contributed by atoms with Crippen LogP contribution >= 0.6 is 0 Å². The van der Waals surface area contributed by atoms with Crippen LogP contribution in [-0.4, -0.2) is 100 Å². The summed E-state index contributed by atoms with van der Waals surface area (Å²) >= 11 is 0. The van der Waals surface area contributed by atoms with Gasteiger partial charge in [-0.25, -0.2) is 24.3 Å². The van der Waals surface area contributed by atoms with Crippen molar-refractivity contribution in [2.24, 2.45) is 5.41 Å². The molecule has 1 aliphatic heterocycles. The minimum Gasteiger partial charge on any atom is -0.481 e. The number of ether oxygens (including phenoxy) is 1. The molecule has 1 saturated heterocycles. The first-order chi connectivity index (χ1) is 22.1. The zero-order valence-electron chi connectivity index (χ0n) is 26.9. The molecular weight excluding hydrogens is 620 g/mol. The van der Waals surface area contributed by atoms with Crippen LogP contribution < -0.4 is 9.80 Å². The number of nitrogens with zero attached hydrogens (tertiary/aromatic N) is 7. The van der Waals surface area contributed by atoms with Crippen molar-refractivity contribution in [3.63, 3.8) is 0 Å². The third-order valence-electron chi connectivity index (χ3n) is 8.15. The van der Waals surface area contributed by atoms with E-state index >= 15 is 0 Å². The second-order valence-corrected chi connectivity index (χ2v) is 12.7. The number of fused-ring (bicyclic) bond motifs is 1. The number of aromatic amines is 1. The molecule has 1 fully saturated rings. The topological polar surface area (TPSA) is 124 Å². The van der Waals surface area contributed by atoms with E-state index in [1.807, 2.05) is 25.8 Å². The summed E-state index contributed by atoms with van der Waals surface area (Å²) in [5, 5.41) is 9.00. The molecule has 0 radical (unpaired) electrons. The number of nitrogens with one attached hydrogen (secondary N) is 1. The molecule has 5 rings (SSSR count). The lowest BCUT2D eigenvalue weighted by Crippen LogP contribution is -2.52. The number of hydrogen-bond acceptors (Lipinski definition) is 9. The van der Waals surface area contributed by atoms with E-state index in [9.17, 15) is 22.4 Å². The van der Waals surface area contributed by atoms with E-state index in [0.29, 0.717) is 67.9 Å². The molecule has 4 heterocycles. The van der Waals surface area contributed by atoms with Gasteiger partial charge in [0.1, 0.15) is 22.8 Å². The highest BCUT2D eigenvalue weighted by molar-refractivity contribution is 5.91. The lowest BCUT2D eigenvalue weighted by Gasteiger charge is -2.40. The van der Waals surface area contributed by atoms with Gasteiger partial charge in [0.15, 0.2) is 11.5 Å². The standard InChI is InChI=1S/C32H38F4N8O3/c1-19-16-43(9-8-27(45)46)10-11-44(19)26-15-37-24(14-38-26)29-40-28-25(42(4)17-31(2,3)18-47-5)13-23(39-30(28)41-29)20-6-7-22(33)21(12-20)32(34,35)36/h6-7,12-15,19H,8-11,16-18H2,1-5H3,(H,45,46)(H,39,40,41)/t19-/m1/s1. The highest BCUT2D eigenvalue weighted by Gasteiger charge is 2.34. The zero-order chi connectivity index (χ0) is 34.1. The van der Waals surface area contributed by atoms with Crippen molar-refractivity contribution in [1.29, 1.82) is 0 Å². The van der Waals surface area contributed by atoms with Crippen molar-refractivity contribution >= 4 is 28.6 Å². The van der Waals surface area contributed by atoms with E-state index < -0.39 is 23.5 Å². The average Bonchev–Trinajstić information content (AvgIpc) is 3.43. The maximum absolute atomic E-state index is 14.1. The van der Waals surface area contributed by atoms with Gasteiger partial charge in [0.2, 0.25) is 0 Å². The second-order valence-electron chi connectivity index (χ2n) is 12.7. The van der Waals surface area contributed by atoms with Crippen LogP contribution in [0.15, 0.2) is 36.7 Å². The molecular formula is C32H38F4N8O3. The van der Waals surface area contributed by atoms with E-state index in [4.69, 9.17) is 9.84 Å². The predicted octanol–water partition coefficient (Wildman–Crippen LogP) is 5.33. The quantitative estimate of drug-likeness (QED) is 0.204. The van der Waals surface area contributed by atoms with Crippen LogP contribution in [0, 0.1) is 11.2 Å². The first kappa shape index (κ1) is 34.0.